The fourth-order valence-corrected chi connectivity index (χ4v) is 3.03. The van der Waals surface area contributed by atoms with Crippen LogP contribution in [0.15, 0.2) is 65.8 Å². The number of benzene rings is 2. The van der Waals surface area contributed by atoms with Gasteiger partial charge in [0.05, 0.1) is 12.8 Å². The number of para-hydroxylation sites is 1. The van der Waals surface area contributed by atoms with E-state index >= 15 is 0 Å². The highest BCUT2D eigenvalue weighted by Gasteiger charge is 2.09. The third-order valence-corrected chi connectivity index (χ3v) is 4.35. The molecule has 5 nitrogen and oxygen atoms in total. The molecule has 0 radical (unpaired) electrons. The molecule has 5 heteroatoms. The van der Waals surface area contributed by atoms with Crippen molar-refractivity contribution >= 4 is 17.8 Å². The number of aromatic nitrogens is 1. The highest BCUT2D eigenvalue weighted by molar-refractivity contribution is 5.85. The molecule has 0 aliphatic carbocycles. The van der Waals surface area contributed by atoms with Crippen molar-refractivity contribution in [2.24, 2.45) is 5.10 Å². The molecule has 0 aliphatic rings. The van der Waals surface area contributed by atoms with Crippen molar-refractivity contribution in [2.75, 3.05) is 11.9 Å². The first-order valence-corrected chi connectivity index (χ1v) is 8.91. The Morgan fingerprint density at radius 2 is 1.81 bits per heavy atom. The molecule has 0 bridgehead atoms. The van der Waals surface area contributed by atoms with Crippen molar-refractivity contribution in [3.05, 3.63) is 83.2 Å². The van der Waals surface area contributed by atoms with Crippen molar-refractivity contribution in [1.82, 2.24) is 9.99 Å². The average molecular weight is 360 g/mol. The minimum atomic E-state index is -0.192. The Balaban J connectivity index is 1.64. The first-order chi connectivity index (χ1) is 13.0. The number of carbonyl (C=O) groups excluding carboxylic acids is 1. The van der Waals surface area contributed by atoms with Crippen LogP contribution < -0.4 is 10.7 Å². The van der Waals surface area contributed by atoms with Crippen molar-refractivity contribution in [1.29, 1.82) is 0 Å². The van der Waals surface area contributed by atoms with E-state index in [4.69, 9.17) is 0 Å². The molecular formula is C22H24N4O. The number of hydrogen-bond donors (Lipinski definition) is 2. The lowest BCUT2D eigenvalue weighted by atomic mass is 10.2. The van der Waals surface area contributed by atoms with Gasteiger partial charge in [-0.2, -0.15) is 5.10 Å². The molecule has 0 unspecified atom stereocenters. The van der Waals surface area contributed by atoms with Crippen LogP contribution in [0, 0.1) is 20.8 Å². The van der Waals surface area contributed by atoms with Crippen molar-refractivity contribution in [3.63, 3.8) is 0 Å². The predicted molar refractivity (Wildman–Crippen MR) is 111 cm³/mol. The number of aryl methyl sites for hydroxylation is 2. The summed E-state index contributed by atoms with van der Waals surface area (Å²) in [5.41, 5.74) is 8.99. The van der Waals surface area contributed by atoms with Crippen LogP contribution in [0.3, 0.4) is 0 Å². The Morgan fingerprint density at radius 1 is 1.04 bits per heavy atom. The van der Waals surface area contributed by atoms with E-state index in [1.54, 1.807) is 6.21 Å². The van der Waals surface area contributed by atoms with Crippen LogP contribution in [-0.4, -0.2) is 23.2 Å². The molecule has 2 N–H and O–H groups in total. The molecule has 3 rings (SSSR count). The Kier molecular flexibility index (Phi) is 5.71. The van der Waals surface area contributed by atoms with E-state index in [-0.39, 0.29) is 12.5 Å². The predicted octanol–water partition coefficient (Wildman–Crippen LogP) is 3.96. The van der Waals surface area contributed by atoms with Gasteiger partial charge >= 0.3 is 0 Å². The summed E-state index contributed by atoms with van der Waals surface area (Å²) < 4.78 is 2.19. The van der Waals surface area contributed by atoms with Crippen molar-refractivity contribution in [2.45, 2.75) is 20.8 Å². The summed E-state index contributed by atoms with van der Waals surface area (Å²) in [6.45, 7) is 6.37. The number of nitrogens with one attached hydrogen (secondary N) is 2. The second-order valence-electron chi connectivity index (χ2n) is 6.51. The smallest absolute Gasteiger partial charge is 0.259 e. The zero-order valence-corrected chi connectivity index (χ0v) is 15.9. The van der Waals surface area contributed by atoms with E-state index in [0.29, 0.717) is 0 Å². The number of hydrogen-bond acceptors (Lipinski definition) is 3. The van der Waals surface area contributed by atoms with Gasteiger partial charge < -0.3 is 9.88 Å². The lowest BCUT2D eigenvalue weighted by Crippen LogP contribution is -2.25. The van der Waals surface area contributed by atoms with Gasteiger partial charge in [-0.05, 0) is 56.7 Å². The van der Waals surface area contributed by atoms with Gasteiger partial charge in [0.2, 0.25) is 0 Å². The van der Waals surface area contributed by atoms with E-state index in [1.807, 2.05) is 30.3 Å². The number of amides is 1. The Labute approximate surface area is 159 Å². The number of rotatable bonds is 6. The maximum absolute atomic E-state index is 11.9. The van der Waals surface area contributed by atoms with E-state index < -0.39 is 0 Å². The van der Waals surface area contributed by atoms with Crippen LogP contribution in [0.5, 0.6) is 0 Å². The normalized spacial score (nSPS) is 10.9. The van der Waals surface area contributed by atoms with Gasteiger partial charge in [-0.25, -0.2) is 5.43 Å². The Hall–Kier alpha value is -3.34. The first-order valence-electron chi connectivity index (χ1n) is 8.91. The van der Waals surface area contributed by atoms with Crippen LogP contribution >= 0.6 is 0 Å². The first kappa shape index (κ1) is 18.5. The minimum absolute atomic E-state index is 0.170. The molecule has 3 aromatic rings. The number of anilines is 1. The third-order valence-electron chi connectivity index (χ3n) is 4.35. The molecule has 138 valence electrons. The van der Waals surface area contributed by atoms with E-state index in [0.717, 1.165) is 28.3 Å². The van der Waals surface area contributed by atoms with E-state index in [2.05, 4.69) is 71.5 Å². The van der Waals surface area contributed by atoms with Gasteiger partial charge in [-0.1, -0.05) is 30.3 Å². The summed E-state index contributed by atoms with van der Waals surface area (Å²) in [5.74, 6) is -0.192. The number of hydrazone groups is 1. The zero-order chi connectivity index (χ0) is 19.2. The summed E-state index contributed by atoms with van der Waals surface area (Å²) >= 11 is 0. The summed E-state index contributed by atoms with van der Waals surface area (Å²) in [5, 5.41) is 7.16. The molecule has 0 saturated carbocycles. The lowest BCUT2D eigenvalue weighted by molar-refractivity contribution is -0.119. The molecular weight excluding hydrogens is 336 g/mol. The fraction of sp³-hybridized carbons (Fsp3) is 0.182. The van der Waals surface area contributed by atoms with Crippen LogP contribution in [0.2, 0.25) is 0 Å². The quantitative estimate of drug-likeness (QED) is 0.516. The third kappa shape index (κ3) is 4.64. The van der Waals surface area contributed by atoms with Crippen LogP contribution in [0.25, 0.3) is 5.69 Å². The minimum Gasteiger partial charge on any atom is -0.376 e. The Bertz CT molecular complexity index is 958. The summed E-state index contributed by atoms with van der Waals surface area (Å²) in [4.78, 5) is 11.9. The number of nitrogens with zero attached hydrogens (tertiary/aromatic N) is 2. The van der Waals surface area contributed by atoms with Crippen molar-refractivity contribution < 1.29 is 4.79 Å². The average Bonchev–Trinajstić information content (AvgIpc) is 2.94. The second-order valence-corrected chi connectivity index (χ2v) is 6.51. The molecule has 0 saturated heterocycles. The lowest BCUT2D eigenvalue weighted by Gasteiger charge is -2.10. The molecule has 0 spiro atoms. The highest BCUT2D eigenvalue weighted by Crippen LogP contribution is 2.20. The summed E-state index contributed by atoms with van der Waals surface area (Å²) in [6.07, 6.45) is 1.69. The molecule has 0 fully saturated rings. The van der Waals surface area contributed by atoms with Crippen LogP contribution in [-0.2, 0) is 4.79 Å². The molecule has 27 heavy (non-hydrogen) atoms. The molecule has 1 heterocycles. The SMILES string of the molecule is Cc1cccc(-n2c(C)cc(C=NNC(=O)CNc3ccccc3)c2C)c1. The number of carbonyl (C=O) groups is 1. The van der Waals surface area contributed by atoms with E-state index in [1.165, 1.54) is 5.56 Å². The molecule has 2 aromatic carbocycles. The van der Waals surface area contributed by atoms with E-state index in [9.17, 15) is 4.79 Å². The zero-order valence-electron chi connectivity index (χ0n) is 15.9. The van der Waals surface area contributed by atoms with Gasteiger partial charge in [0.25, 0.3) is 5.91 Å². The summed E-state index contributed by atoms with van der Waals surface area (Å²) in [7, 11) is 0. The van der Waals surface area contributed by atoms with Gasteiger partial charge in [0.1, 0.15) is 0 Å². The maximum atomic E-state index is 11.9. The van der Waals surface area contributed by atoms with Crippen molar-refractivity contribution in [3.8, 4) is 5.69 Å². The van der Waals surface area contributed by atoms with Gasteiger partial charge in [-0.15, -0.1) is 0 Å². The fourth-order valence-electron chi connectivity index (χ4n) is 3.03. The van der Waals surface area contributed by atoms with Gasteiger partial charge in [0.15, 0.2) is 0 Å². The molecule has 0 atom stereocenters. The van der Waals surface area contributed by atoms with Gasteiger partial charge in [-0.3, -0.25) is 4.79 Å². The van der Waals surface area contributed by atoms with Crippen LogP contribution in [0.1, 0.15) is 22.5 Å². The van der Waals surface area contributed by atoms with Crippen LogP contribution in [0.4, 0.5) is 5.69 Å². The highest BCUT2D eigenvalue weighted by atomic mass is 16.2. The second kappa shape index (κ2) is 8.36. The Morgan fingerprint density at radius 3 is 2.56 bits per heavy atom. The summed E-state index contributed by atoms with van der Waals surface area (Å²) in [6, 6.07) is 20.0. The maximum Gasteiger partial charge on any atom is 0.259 e. The monoisotopic (exact) mass is 360 g/mol. The topological polar surface area (TPSA) is 58.4 Å². The molecule has 0 aliphatic heterocycles. The molecule has 1 amide bonds. The standard InChI is InChI=1S/C22H24N4O/c1-16-8-7-11-21(12-16)26-17(2)13-19(18(26)3)14-24-25-22(27)15-23-20-9-5-4-6-10-20/h4-14,23H,15H2,1-3H3,(H,25,27). The molecule has 1 aromatic heterocycles. The van der Waals surface area contributed by atoms with Gasteiger partial charge in [0, 0.05) is 28.3 Å². The largest absolute Gasteiger partial charge is 0.376 e.